The van der Waals surface area contributed by atoms with Gasteiger partial charge in [0.15, 0.2) is 11.5 Å². The van der Waals surface area contributed by atoms with Crippen molar-refractivity contribution >= 4 is 11.1 Å². The molecule has 0 aliphatic carbocycles. The van der Waals surface area contributed by atoms with Crippen molar-refractivity contribution in [1.82, 2.24) is 4.98 Å². The Bertz CT molecular complexity index is 681. The molecular formula is C18H17NO. The van der Waals surface area contributed by atoms with E-state index in [2.05, 4.69) is 30.6 Å². The van der Waals surface area contributed by atoms with Crippen LogP contribution in [0, 0.1) is 0 Å². The molecule has 0 aliphatic heterocycles. The topological polar surface area (TPSA) is 26.0 Å². The fourth-order valence-electron chi connectivity index (χ4n) is 2.54. The Morgan fingerprint density at radius 1 is 1.05 bits per heavy atom. The van der Waals surface area contributed by atoms with Crippen LogP contribution in [0.1, 0.15) is 30.2 Å². The molecule has 20 heavy (non-hydrogen) atoms. The van der Waals surface area contributed by atoms with Crippen molar-refractivity contribution in [2.75, 3.05) is 0 Å². The highest BCUT2D eigenvalue weighted by atomic mass is 16.3. The van der Waals surface area contributed by atoms with Crippen LogP contribution in [0.5, 0.6) is 0 Å². The quantitative estimate of drug-likeness (QED) is 0.626. The first-order chi connectivity index (χ1) is 9.79. The van der Waals surface area contributed by atoms with Gasteiger partial charge in [-0.25, -0.2) is 4.98 Å². The number of hydrogen-bond donors (Lipinski definition) is 0. The van der Waals surface area contributed by atoms with Gasteiger partial charge in [0.25, 0.3) is 0 Å². The van der Waals surface area contributed by atoms with E-state index in [-0.39, 0.29) is 11.8 Å². The van der Waals surface area contributed by atoms with Gasteiger partial charge < -0.3 is 4.42 Å². The van der Waals surface area contributed by atoms with E-state index in [1.54, 1.807) is 0 Å². The molecule has 100 valence electrons. The number of rotatable bonds is 4. The molecule has 0 aliphatic rings. The molecule has 0 radical (unpaired) electrons. The number of allylic oxidation sites excluding steroid dienone is 1. The lowest BCUT2D eigenvalue weighted by Crippen LogP contribution is -2.06. The van der Waals surface area contributed by atoms with Gasteiger partial charge in [0.2, 0.25) is 0 Å². The van der Waals surface area contributed by atoms with Gasteiger partial charge in [-0.05, 0) is 17.7 Å². The fourth-order valence-corrected chi connectivity index (χ4v) is 2.54. The Labute approximate surface area is 118 Å². The predicted octanol–water partition coefficient (Wildman–Crippen LogP) is 4.90. The second kappa shape index (κ2) is 5.33. The summed E-state index contributed by atoms with van der Waals surface area (Å²) in [6, 6.07) is 18.2. The van der Waals surface area contributed by atoms with Crippen molar-refractivity contribution in [3.05, 3.63) is 78.7 Å². The molecule has 2 heteroatoms. The normalized spacial score (nSPS) is 14.1. The zero-order valence-corrected chi connectivity index (χ0v) is 11.5. The second-order valence-electron chi connectivity index (χ2n) is 4.98. The number of nitrogens with zero attached hydrogens (tertiary/aromatic N) is 1. The smallest absolute Gasteiger partial charge is 0.199 e. The van der Waals surface area contributed by atoms with E-state index in [1.165, 1.54) is 5.56 Å². The third kappa shape index (κ3) is 2.25. The number of benzene rings is 2. The zero-order chi connectivity index (χ0) is 13.9. The minimum Gasteiger partial charge on any atom is -0.440 e. The van der Waals surface area contributed by atoms with E-state index in [1.807, 2.05) is 48.5 Å². The maximum absolute atomic E-state index is 5.88. The molecule has 3 rings (SSSR count). The summed E-state index contributed by atoms with van der Waals surface area (Å²) in [5.74, 6) is 1.12. The summed E-state index contributed by atoms with van der Waals surface area (Å²) in [6.45, 7) is 6.10. The van der Waals surface area contributed by atoms with E-state index in [0.29, 0.717) is 0 Å². The van der Waals surface area contributed by atoms with Gasteiger partial charge in [0.05, 0.1) is 0 Å². The van der Waals surface area contributed by atoms with Crippen molar-refractivity contribution in [3.8, 4) is 0 Å². The highest BCUT2D eigenvalue weighted by Crippen LogP contribution is 2.34. The van der Waals surface area contributed by atoms with Gasteiger partial charge in [0, 0.05) is 11.8 Å². The van der Waals surface area contributed by atoms with Gasteiger partial charge in [-0.1, -0.05) is 55.5 Å². The Balaban J connectivity index is 1.97. The van der Waals surface area contributed by atoms with Crippen LogP contribution in [0.15, 0.2) is 71.7 Å². The first-order valence-corrected chi connectivity index (χ1v) is 6.82. The van der Waals surface area contributed by atoms with E-state index in [9.17, 15) is 0 Å². The Morgan fingerprint density at radius 3 is 2.45 bits per heavy atom. The van der Waals surface area contributed by atoms with Gasteiger partial charge in [-0.15, -0.1) is 6.58 Å². The Morgan fingerprint density at radius 2 is 1.75 bits per heavy atom. The molecule has 0 saturated carbocycles. The van der Waals surface area contributed by atoms with Crippen molar-refractivity contribution in [1.29, 1.82) is 0 Å². The van der Waals surface area contributed by atoms with Crippen molar-refractivity contribution < 1.29 is 4.42 Å². The summed E-state index contributed by atoms with van der Waals surface area (Å²) in [6.07, 6.45) is 1.97. The lowest BCUT2D eigenvalue weighted by atomic mass is 9.87. The number of para-hydroxylation sites is 2. The largest absolute Gasteiger partial charge is 0.440 e. The maximum Gasteiger partial charge on any atom is 0.199 e. The summed E-state index contributed by atoms with van der Waals surface area (Å²) >= 11 is 0. The Hall–Kier alpha value is -2.35. The average Bonchev–Trinajstić information content (AvgIpc) is 2.93. The standard InChI is InChI=1S/C18H17NO/c1-3-15(14-9-5-4-6-10-14)13(2)18-19-16-11-7-8-12-17(16)20-18/h3-13,15H,1H2,2H3. The summed E-state index contributed by atoms with van der Waals surface area (Å²) in [4.78, 5) is 4.59. The molecule has 2 atom stereocenters. The molecule has 0 amide bonds. The molecule has 1 heterocycles. The summed E-state index contributed by atoms with van der Waals surface area (Å²) in [7, 11) is 0. The molecule has 2 aromatic carbocycles. The van der Waals surface area contributed by atoms with Crippen molar-refractivity contribution in [2.45, 2.75) is 18.8 Å². The molecule has 2 nitrogen and oxygen atoms in total. The molecule has 3 aromatic rings. The highest BCUT2D eigenvalue weighted by Gasteiger charge is 2.22. The van der Waals surface area contributed by atoms with Crippen LogP contribution >= 0.6 is 0 Å². The first kappa shape index (κ1) is 12.7. The number of fused-ring (bicyclic) bond motifs is 1. The predicted molar refractivity (Wildman–Crippen MR) is 81.8 cm³/mol. The van der Waals surface area contributed by atoms with Crippen molar-refractivity contribution in [3.63, 3.8) is 0 Å². The van der Waals surface area contributed by atoms with Crippen LogP contribution in [0.4, 0.5) is 0 Å². The number of hydrogen-bond acceptors (Lipinski definition) is 2. The lowest BCUT2D eigenvalue weighted by Gasteiger charge is -2.18. The SMILES string of the molecule is C=CC(c1ccccc1)C(C)c1nc2ccccc2o1. The fraction of sp³-hybridized carbons (Fsp3) is 0.167. The summed E-state index contributed by atoms with van der Waals surface area (Å²) < 4.78 is 5.88. The van der Waals surface area contributed by atoms with E-state index in [4.69, 9.17) is 4.42 Å². The second-order valence-corrected chi connectivity index (χ2v) is 4.98. The summed E-state index contributed by atoms with van der Waals surface area (Å²) in [5.41, 5.74) is 2.98. The first-order valence-electron chi connectivity index (χ1n) is 6.82. The van der Waals surface area contributed by atoms with E-state index >= 15 is 0 Å². The lowest BCUT2D eigenvalue weighted by molar-refractivity contribution is 0.466. The van der Waals surface area contributed by atoms with Gasteiger partial charge in [-0.2, -0.15) is 0 Å². The van der Waals surface area contributed by atoms with Gasteiger partial charge in [-0.3, -0.25) is 0 Å². The molecule has 0 saturated heterocycles. The van der Waals surface area contributed by atoms with Crippen LogP contribution in [-0.4, -0.2) is 4.98 Å². The van der Waals surface area contributed by atoms with Gasteiger partial charge >= 0.3 is 0 Å². The number of aromatic nitrogens is 1. The van der Waals surface area contributed by atoms with E-state index < -0.39 is 0 Å². The zero-order valence-electron chi connectivity index (χ0n) is 11.5. The van der Waals surface area contributed by atoms with E-state index in [0.717, 1.165) is 17.0 Å². The number of oxazole rings is 1. The molecule has 0 bridgehead atoms. The molecule has 1 aromatic heterocycles. The van der Waals surface area contributed by atoms with Crippen LogP contribution < -0.4 is 0 Å². The molecule has 0 spiro atoms. The third-order valence-corrected chi connectivity index (χ3v) is 3.68. The minimum absolute atomic E-state index is 0.155. The third-order valence-electron chi connectivity index (χ3n) is 3.68. The van der Waals surface area contributed by atoms with Crippen LogP contribution in [0.2, 0.25) is 0 Å². The summed E-state index contributed by atoms with van der Waals surface area (Å²) in [5, 5.41) is 0. The maximum atomic E-state index is 5.88. The highest BCUT2D eigenvalue weighted by molar-refractivity contribution is 5.72. The monoisotopic (exact) mass is 263 g/mol. The minimum atomic E-state index is 0.155. The van der Waals surface area contributed by atoms with Crippen LogP contribution in [-0.2, 0) is 0 Å². The molecule has 2 unspecified atom stereocenters. The average molecular weight is 263 g/mol. The Kier molecular flexibility index (Phi) is 3.38. The van der Waals surface area contributed by atoms with Crippen LogP contribution in [0.3, 0.4) is 0 Å². The molecular weight excluding hydrogens is 246 g/mol. The molecule has 0 fully saturated rings. The van der Waals surface area contributed by atoms with Crippen molar-refractivity contribution in [2.24, 2.45) is 0 Å². The molecule has 0 N–H and O–H groups in total. The van der Waals surface area contributed by atoms with Crippen LogP contribution in [0.25, 0.3) is 11.1 Å². The van der Waals surface area contributed by atoms with Gasteiger partial charge in [0.1, 0.15) is 5.52 Å².